The standard InChI is InChI=1S/C17H12F8N2O3/c18-10-3-2-9(15(29)27-30-6-5-28)14(13(10)20)26-12-4-1-8(7-11(12)19)16(21,22)17(23,24)25/h1-4,7,26,28H,5-6H2,(H,27,29). The van der Waals surface area contributed by atoms with Gasteiger partial charge in [-0.25, -0.2) is 18.7 Å². The second-order valence-corrected chi connectivity index (χ2v) is 5.68. The molecule has 2 aromatic carbocycles. The van der Waals surface area contributed by atoms with E-state index < -0.39 is 64.6 Å². The largest absolute Gasteiger partial charge is 0.458 e. The summed E-state index contributed by atoms with van der Waals surface area (Å²) in [6.45, 7) is -0.828. The van der Waals surface area contributed by atoms with Crippen LogP contribution in [0.2, 0.25) is 0 Å². The molecule has 1 amide bonds. The van der Waals surface area contributed by atoms with Gasteiger partial charge in [0, 0.05) is 5.56 Å². The predicted octanol–water partition coefficient (Wildman–Crippen LogP) is 4.16. The van der Waals surface area contributed by atoms with Crippen molar-refractivity contribution < 1.29 is 49.9 Å². The smallest absolute Gasteiger partial charge is 0.394 e. The molecule has 164 valence electrons. The van der Waals surface area contributed by atoms with Crippen LogP contribution >= 0.6 is 0 Å². The normalized spacial score (nSPS) is 12.0. The number of anilines is 2. The predicted molar refractivity (Wildman–Crippen MR) is 86.5 cm³/mol. The van der Waals surface area contributed by atoms with E-state index in [1.165, 1.54) is 0 Å². The average Bonchev–Trinajstić information content (AvgIpc) is 2.66. The molecule has 0 aliphatic rings. The van der Waals surface area contributed by atoms with Crippen LogP contribution in [0.1, 0.15) is 15.9 Å². The minimum Gasteiger partial charge on any atom is -0.394 e. The molecule has 0 aromatic heterocycles. The van der Waals surface area contributed by atoms with Gasteiger partial charge in [0.25, 0.3) is 5.91 Å². The van der Waals surface area contributed by atoms with Gasteiger partial charge in [0.1, 0.15) is 5.82 Å². The maximum Gasteiger partial charge on any atom is 0.458 e. The topological polar surface area (TPSA) is 70.6 Å². The van der Waals surface area contributed by atoms with Crippen molar-refractivity contribution in [3.05, 3.63) is 58.9 Å². The first-order valence-electron chi connectivity index (χ1n) is 7.92. The second kappa shape index (κ2) is 8.83. The van der Waals surface area contributed by atoms with E-state index in [2.05, 4.69) is 4.84 Å². The van der Waals surface area contributed by atoms with Gasteiger partial charge in [0.05, 0.1) is 30.2 Å². The summed E-state index contributed by atoms with van der Waals surface area (Å²) in [6, 6.07) is 1.89. The van der Waals surface area contributed by atoms with Crippen LogP contribution in [0.4, 0.5) is 46.5 Å². The molecule has 0 radical (unpaired) electrons. The van der Waals surface area contributed by atoms with Gasteiger partial charge in [-0.05, 0) is 24.3 Å². The fourth-order valence-electron chi connectivity index (χ4n) is 2.19. The lowest BCUT2D eigenvalue weighted by Gasteiger charge is -2.20. The summed E-state index contributed by atoms with van der Waals surface area (Å²) < 4.78 is 106. The first-order chi connectivity index (χ1) is 13.9. The van der Waals surface area contributed by atoms with Gasteiger partial charge in [0.15, 0.2) is 11.6 Å². The third kappa shape index (κ3) is 4.79. The Bertz CT molecular complexity index is 934. The molecule has 0 heterocycles. The van der Waals surface area contributed by atoms with Crippen LogP contribution in [0.15, 0.2) is 30.3 Å². The molecule has 0 saturated carbocycles. The van der Waals surface area contributed by atoms with Gasteiger partial charge >= 0.3 is 12.1 Å². The Morgan fingerprint density at radius 3 is 2.23 bits per heavy atom. The summed E-state index contributed by atoms with van der Waals surface area (Å²) in [5, 5.41) is 10.5. The molecule has 0 spiro atoms. The molecule has 0 saturated heterocycles. The number of amides is 1. The quantitative estimate of drug-likeness (QED) is 0.341. The van der Waals surface area contributed by atoms with Crippen LogP contribution in [-0.2, 0) is 10.8 Å². The van der Waals surface area contributed by atoms with E-state index in [4.69, 9.17) is 5.11 Å². The summed E-state index contributed by atoms with van der Waals surface area (Å²) in [5.74, 6) is -11.3. The molecule has 0 atom stereocenters. The Morgan fingerprint density at radius 1 is 1.00 bits per heavy atom. The Kier molecular flexibility index (Phi) is 6.87. The maximum absolute atomic E-state index is 14.2. The van der Waals surface area contributed by atoms with Crippen molar-refractivity contribution in [2.24, 2.45) is 0 Å². The van der Waals surface area contributed by atoms with E-state index >= 15 is 0 Å². The fourth-order valence-corrected chi connectivity index (χ4v) is 2.19. The number of halogens is 8. The second-order valence-electron chi connectivity index (χ2n) is 5.68. The Morgan fingerprint density at radius 2 is 1.67 bits per heavy atom. The van der Waals surface area contributed by atoms with Crippen molar-refractivity contribution in [2.75, 3.05) is 18.5 Å². The zero-order valence-electron chi connectivity index (χ0n) is 14.6. The molecule has 5 nitrogen and oxygen atoms in total. The van der Waals surface area contributed by atoms with Gasteiger partial charge in [-0.15, -0.1) is 0 Å². The summed E-state index contributed by atoms with van der Waals surface area (Å²) in [7, 11) is 0. The number of alkyl halides is 5. The number of rotatable bonds is 7. The molecule has 0 aliphatic carbocycles. The Labute approximate surface area is 163 Å². The highest BCUT2D eigenvalue weighted by Gasteiger charge is 2.58. The number of carbonyl (C=O) groups excluding carboxylic acids is 1. The number of aliphatic hydroxyl groups is 1. The van der Waals surface area contributed by atoms with Crippen molar-refractivity contribution in [1.82, 2.24) is 5.48 Å². The Hall–Kier alpha value is -2.93. The highest BCUT2D eigenvalue weighted by Crippen LogP contribution is 2.44. The number of hydrogen-bond donors (Lipinski definition) is 3. The molecule has 2 rings (SSSR count). The fraction of sp³-hybridized carbons (Fsp3) is 0.235. The van der Waals surface area contributed by atoms with Crippen LogP contribution in [-0.4, -0.2) is 30.4 Å². The number of benzene rings is 2. The molecule has 13 heteroatoms. The molecule has 0 unspecified atom stereocenters. The van der Waals surface area contributed by atoms with E-state index in [1.54, 1.807) is 5.48 Å². The molecule has 2 aromatic rings. The van der Waals surface area contributed by atoms with Crippen molar-refractivity contribution >= 4 is 17.3 Å². The zero-order chi connectivity index (χ0) is 22.7. The minimum absolute atomic E-state index is 0.128. The summed E-state index contributed by atoms with van der Waals surface area (Å²) in [4.78, 5) is 16.5. The van der Waals surface area contributed by atoms with Crippen LogP contribution in [0, 0.1) is 17.5 Å². The molecule has 0 fully saturated rings. The molecular weight excluding hydrogens is 432 g/mol. The number of hydrogen-bond acceptors (Lipinski definition) is 4. The van der Waals surface area contributed by atoms with Gasteiger partial charge in [-0.3, -0.25) is 9.63 Å². The van der Waals surface area contributed by atoms with Crippen molar-refractivity contribution in [3.63, 3.8) is 0 Å². The first kappa shape index (κ1) is 23.3. The average molecular weight is 444 g/mol. The lowest BCUT2D eigenvalue weighted by Crippen LogP contribution is -2.33. The van der Waals surface area contributed by atoms with E-state index in [9.17, 15) is 39.9 Å². The van der Waals surface area contributed by atoms with Crippen LogP contribution in [0.5, 0.6) is 0 Å². The number of hydroxylamine groups is 1. The number of carbonyl (C=O) groups is 1. The van der Waals surface area contributed by atoms with E-state index in [1.807, 2.05) is 5.32 Å². The molecule has 0 aliphatic heterocycles. The lowest BCUT2D eigenvalue weighted by molar-refractivity contribution is -0.289. The third-order valence-corrected chi connectivity index (χ3v) is 3.65. The number of nitrogens with one attached hydrogen (secondary N) is 2. The van der Waals surface area contributed by atoms with Crippen LogP contribution in [0.25, 0.3) is 0 Å². The third-order valence-electron chi connectivity index (χ3n) is 3.65. The monoisotopic (exact) mass is 444 g/mol. The van der Waals surface area contributed by atoms with Crippen molar-refractivity contribution in [3.8, 4) is 0 Å². The first-order valence-corrected chi connectivity index (χ1v) is 7.92. The van der Waals surface area contributed by atoms with Gasteiger partial charge in [0.2, 0.25) is 0 Å². The van der Waals surface area contributed by atoms with Gasteiger partial charge in [-0.2, -0.15) is 22.0 Å². The van der Waals surface area contributed by atoms with Gasteiger partial charge < -0.3 is 10.4 Å². The van der Waals surface area contributed by atoms with Crippen molar-refractivity contribution in [1.29, 1.82) is 0 Å². The Balaban J connectivity index is 2.40. The molecule has 30 heavy (non-hydrogen) atoms. The molecule has 0 bridgehead atoms. The SMILES string of the molecule is O=C(NOCCO)c1ccc(F)c(F)c1Nc1ccc(C(F)(F)C(F)(F)F)cc1F. The van der Waals surface area contributed by atoms with Gasteiger partial charge in [-0.1, -0.05) is 6.07 Å². The van der Waals surface area contributed by atoms with E-state index in [-0.39, 0.29) is 18.7 Å². The van der Waals surface area contributed by atoms with Crippen LogP contribution < -0.4 is 10.8 Å². The van der Waals surface area contributed by atoms with Crippen LogP contribution in [0.3, 0.4) is 0 Å². The summed E-state index contributed by atoms with van der Waals surface area (Å²) in [5.41, 5.74) is -2.29. The summed E-state index contributed by atoms with van der Waals surface area (Å²) in [6.07, 6.45) is -5.98. The molecular formula is C17H12F8N2O3. The highest BCUT2D eigenvalue weighted by atomic mass is 19.4. The van der Waals surface area contributed by atoms with Crippen molar-refractivity contribution in [2.45, 2.75) is 12.1 Å². The van der Waals surface area contributed by atoms with E-state index in [0.29, 0.717) is 12.1 Å². The number of aliphatic hydroxyl groups excluding tert-OH is 1. The summed E-state index contributed by atoms with van der Waals surface area (Å²) >= 11 is 0. The highest BCUT2D eigenvalue weighted by molar-refractivity contribution is 6.00. The lowest BCUT2D eigenvalue weighted by atomic mass is 10.1. The maximum atomic E-state index is 14.2. The molecule has 3 N–H and O–H groups in total. The minimum atomic E-state index is -5.98. The van der Waals surface area contributed by atoms with E-state index in [0.717, 1.165) is 6.07 Å². The zero-order valence-corrected chi connectivity index (χ0v) is 14.6.